The molecular formula is C20H16Br2N4O. The molecule has 4 aromatic rings. The standard InChI is InChI=1S/C20H16Br2N4O/c21-10-1-3-12-14(7-23-16(12)5-10)18-9-25-19(20(27)26-18)15-8-24-17-6-11(22)2-4-13(15)17/h1-8,18-19,23-25H,9H2,(H,26,27)/t18-,19-/m0/s1. The molecule has 0 radical (unpaired) electrons. The van der Waals surface area contributed by atoms with Crippen molar-refractivity contribution in [1.82, 2.24) is 20.6 Å². The molecule has 2 aromatic carbocycles. The summed E-state index contributed by atoms with van der Waals surface area (Å²) in [7, 11) is 0. The molecule has 0 saturated carbocycles. The Balaban J connectivity index is 1.44. The Morgan fingerprint density at radius 3 is 2.07 bits per heavy atom. The summed E-state index contributed by atoms with van der Waals surface area (Å²) in [5, 5.41) is 8.79. The summed E-state index contributed by atoms with van der Waals surface area (Å²) < 4.78 is 2.04. The molecule has 0 bridgehead atoms. The molecule has 1 saturated heterocycles. The van der Waals surface area contributed by atoms with E-state index in [1.807, 2.05) is 42.7 Å². The van der Waals surface area contributed by atoms with Gasteiger partial charge in [-0.2, -0.15) is 0 Å². The quantitative estimate of drug-likeness (QED) is 0.331. The number of aromatic nitrogens is 2. The van der Waals surface area contributed by atoms with E-state index >= 15 is 0 Å². The van der Waals surface area contributed by atoms with E-state index in [0.29, 0.717) is 6.54 Å². The highest BCUT2D eigenvalue weighted by atomic mass is 79.9. The summed E-state index contributed by atoms with van der Waals surface area (Å²) in [5.41, 5.74) is 4.13. The lowest BCUT2D eigenvalue weighted by atomic mass is 9.98. The number of nitrogens with one attached hydrogen (secondary N) is 4. The molecule has 0 unspecified atom stereocenters. The number of H-pyrrole nitrogens is 2. The lowest BCUT2D eigenvalue weighted by Gasteiger charge is -2.30. The van der Waals surface area contributed by atoms with E-state index < -0.39 is 0 Å². The molecule has 5 rings (SSSR count). The first-order chi connectivity index (χ1) is 13.1. The average Bonchev–Trinajstić information content (AvgIpc) is 3.25. The molecule has 0 spiro atoms. The third kappa shape index (κ3) is 2.90. The van der Waals surface area contributed by atoms with E-state index in [4.69, 9.17) is 0 Å². The highest BCUT2D eigenvalue weighted by Crippen LogP contribution is 2.32. The SMILES string of the molecule is O=C1N[C@H](c2c[nH]c3cc(Br)ccc23)CN[C@H]1c1c[nH]c2cc(Br)ccc12. The number of hydrogen-bond acceptors (Lipinski definition) is 2. The molecule has 1 aliphatic rings. The molecule has 136 valence electrons. The minimum Gasteiger partial charge on any atom is -0.361 e. The first-order valence-corrected chi connectivity index (χ1v) is 10.3. The van der Waals surface area contributed by atoms with Gasteiger partial charge in [0.15, 0.2) is 0 Å². The van der Waals surface area contributed by atoms with Gasteiger partial charge in [0.2, 0.25) is 5.91 Å². The Hall–Kier alpha value is -2.09. The number of hydrogen-bond donors (Lipinski definition) is 4. The Morgan fingerprint density at radius 1 is 0.852 bits per heavy atom. The highest BCUT2D eigenvalue weighted by Gasteiger charge is 2.31. The van der Waals surface area contributed by atoms with Crippen LogP contribution in [0.2, 0.25) is 0 Å². The normalized spacial score (nSPS) is 20.3. The molecule has 2 aromatic heterocycles. The largest absolute Gasteiger partial charge is 0.361 e. The van der Waals surface area contributed by atoms with Crippen molar-refractivity contribution in [3.63, 3.8) is 0 Å². The average molecular weight is 488 g/mol. The van der Waals surface area contributed by atoms with Crippen LogP contribution in [0, 0.1) is 0 Å². The fourth-order valence-electron chi connectivity index (χ4n) is 3.84. The number of carbonyl (C=O) groups is 1. The number of halogens is 2. The number of benzene rings is 2. The van der Waals surface area contributed by atoms with Gasteiger partial charge in [0.1, 0.15) is 6.04 Å². The maximum atomic E-state index is 12.9. The maximum Gasteiger partial charge on any atom is 0.242 e. The third-order valence-corrected chi connectivity index (χ3v) is 6.13. The molecule has 27 heavy (non-hydrogen) atoms. The Morgan fingerprint density at radius 2 is 1.44 bits per heavy atom. The van der Waals surface area contributed by atoms with Gasteiger partial charge in [-0.15, -0.1) is 0 Å². The molecule has 1 aliphatic heterocycles. The van der Waals surface area contributed by atoms with Gasteiger partial charge in [0.05, 0.1) is 6.04 Å². The van der Waals surface area contributed by atoms with E-state index in [9.17, 15) is 4.79 Å². The predicted octanol–water partition coefficient (Wildman–Crippen LogP) is 4.68. The minimum absolute atomic E-state index is 0.0125. The second-order valence-corrected chi connectivity index (χ2v) is 8.60. The van der Waals surface area contributed by atoms with Crippen LogP contribution in [0.3, 0.4) is 0 Å². The summed E-state index contributed by atoms with van der Waals surface area (Å²) in [5.74, 6) is -0.0125. The number of amides is 1. The van der Waals surface area contributed by atoms with Crippen LogP contribution in [0.1, 0.15) is 23.2 Å². The molecule has 4 N–H and O–H groups in total. The number of piperazine rings is 1. The van der Waals surface area contributed by atoms with Crippen LogP contribution < -0.4 is 10.6 Å². The van der Waals surface area contributed by atoms with Gasteiger partial charge in [-0.1, -0.05) is 44.0 Å². The van der Waals surface area contributed by atoms with Crippen LogP contribution in [0.25, 0.3) is 21.8 Å². The first kappa shape index (κ1) is 17.0. The molecule has 7 heteroatoms. The molecule has 3 heterocycles. The van der Waals surface area contributed by atoms with Crippen molar-refractivity contribution < 1.29 is 4.79 Å². The van der Waals surface area contributed by atoms with E-state index in [-0.39, 0.29) is 18.0 Å². The second kappa shape index (κ2) is 6.51. The number of aromatic amines is 2. The zero-order chi connectivity index (χ0) is 18.5. The first-order valence-electron chi connectivity index (χ1n) is 8.67. The van der Waals surface area contributed by atoms with E-state index in [1.54, 1.807) is 0 Å². The zero-order valence-electron chi connectivity index (χ0n) is 14.1. The summed E-state index contributed by atoms with van der Waals surface area (Å²) >= 11 is 6.98. The van der Waals surface area contributed by atoms with Crippen LogP contribution in [0.15, 0.2) is 57.7 Å². The van der Waals surface area contributed by atoms with E-state index in [1.165, 1.54) is 0 Å². The van der Waals surface area contributed by atoms with Gasteiger partial charge >= 0.3 is 0 Å². The zero-order valence-corrected chi connectivity index (χ0v) is 17.3. The number of carbonyl (C=O) groups excluding carboxylic acids is 1. The van der Waals surface area contributed by atoms with Gasteiger partial charge in [0.25, 0.3) is 0 Å². The molecule has 1 amide bonds. The molecule has 1 fully saturated rings. The monoisotopic (exact) mass is 486 g/mol. The summed E-state index contributed by atoms with van der Waals surface area (Å²) in [4.78, 5) is 19.4. The Labute approximate surface area is 172 Å². The van der Waals surface area contributed by atoms with Crippen LogP contribution in [0.5, 0.6) is 0 Å². The van der Waals surface area contributed by atoms with Crippen LogP contribution >= 0.6 is 31.9 Å². The third-order valence-electron chi connectivity index (χ3n) is 5.14. The fourth-order valence-corrected chi connectivity index (χ4v) is 4.56. The van der Waals surface area contributed by atoms with Gasteiger partial charge in [-0.25, -0.2) is 0 Å². The lowest BCUT2D eigenvalue weighted by Crippen LogP contribution is -2.49. The number of fused-ring (bicyclic) bond motifs is 2. The van der Waals surface area contributed by atoms with Gasteiger partial charge in [-0.3, -0.25) is 10.1 Å². The van der Waals surface area contributed by atoms with Crippen molar-refractivity contribution in [2.24, 2.45) is 0 Å². The maximum absolute atomic E-state index is 12.9. The van der Waals surface area contributed by atoms with Gasteiger partial charge in [-0.05, 0) is 24.3 Å². The fraction of sp³-hybridized carbons (Fsp3) is 0.150. The van der Waals surface area contributed by atoms with Gasteiger partial charge < -0.3 is 15.3 Å². The molecule has 5 nitrogen and oxygen atoms in total. The lowest BCUT2D eigenvalue weighted by molar-refractivity contribution is -0.125. The van der Waals surface area contributed by atoms with Crippen molar-refractivity contribution in [3.8, 4) is 0 Å². The topological polar surface area (TPSA) is 72.7 Å². The molecular weight excluding hydrogens is 472 g/mol. The Kier molecular flexibility index (Phi) is 4.11. The van der Waals surface area contributed by atoms with E-state index in [0.717, 1.165) is 41.9 Å². The molecule has 0 aliphatic carbocycles. The van der Waals surface area contributed by atoms with Crippen molar-refractivity contribution >= 4 is 59.6 Å². The summed E-state index contributed by atoms with van der Waals surface area (Å²) in [6, 6.07) is 11.7. The second-order valence-electron chi connectivity index (χ2n) is 6.77. The van der Waals surface area contributed by atoms with Crippen molar-refractivity contribution in [2.75, 3.05) is 6.54 Å². The van der Waals surface area contributed by atoms with Crippen molar-refractivity contribution in [3.05, 3.63) is 68.9 Å². The molecule has 2 atom stereocenters. The van der Waals surface area contributed by atoms with Crippen LogP contribution in [-0.4, -0.2) is 22.4 Å². The summed E-state index contributed by atoms with van der Waals surface area (Å²) in [6.45, 7) is 0.669. The van der Waals surface area contributed by atoms with Crippen LogP contribution in [0.4, 0.5) is 0 Å². The summed E-state index contributed by atoms with van der Waals surface area (Å²) in [6.07, 6.45) is 3.89. The van der Waals surface area contributed by atoms with E-state index in [2.05, 4.69) is 58.5 Å². The van der Waals surface area contributed by atoms with Crippen molar-refractivity contribution in [2.45, 2.75) is 12.1 Å². The Bertz CT molecular complexity index is 1180. The predicted molar refractivity (Wildman–Crippen MR) is 114 cm³/mol. The van der Waals surface area contributed by atoms with Gasteiger partial charge in [0, 0.05) is 60.8 Å². The highest BCUT2D eigenvalue weighted by molar-refractivity contribution is 9.10. The smallest absolute Gasteiger partial charge is 0.242 e. The van der Waals surface area contributed by atoms with Crippen LogP contribution in [-0.2, 0) is 4.79 Å². The number of rotatable bonds is 2. The minimum atomic E-state index is -0.365. The van der Waals surface area contributed by atoms with Crippen molar-refractivity contribution in [1.29, 1.82) is 0 Å².